The monoisotopic (exact) mass is 193 g/mol. The first kappa shape index (κ1) is 11.2. The third-order valence-electron chi connectivity index (χ3n) is 2.42. The fourth-order valence-corrected chi connectivity index (χ4v) is 1.65. The van der Waals surface area contributed by atoms with E-state index in [9.17, 15) is 5.11 Å². The van der Waals surface area contributed by atoms with Gasteiger partial charge in [0.15, 0.2) is 0 Å². The highest BCUT2D eigenvalue weighted by molar-refractivity contribution is 5.31. The molecule has 0 aromatic heterocycles. The second-order valence-corrected chi connectivity index (χ2v) is 3.88. The second-order valence-electron chi connectivity index (χ2n) is 3.88. The van der Waals surface area contributed by atoms with E-state index in [0.29, 0.717) is 18.9 Å². The largest absolute Gasteiger partial charge is 0.388 e. The van der Waals surface area contributed by atoms with Crippen molar-refractivity contribution in [1.29, 1.82) is 0 Å². The average Bonchev–Trinajstić information content (AvgIpc) is 2.18. The molecule has 1 unspecified atom stereocenters. The van der Waals surface area contributed by atoms with Gasteiger partial charge < -0.3 is 10.8 Å². The molecule has 0 aliphatic rings. The van der Waals surface area contributed by atoms with Gasteiger partial charge in [0.2, 0.25) is 0 Å². The molecule has 0 amide bonds. The molecule has 1 atom stereocenters. The Kier molecular flexibility index (Phi) is 4.11. The Labute approximate surface area is 85.8 Å². The van der Waals surface area contributed by atoms with E-state index in [0.717, 1.165) is 5.56 Å². The normalized spacial score (nSPS) is 13.2. The van der Waals surface area contributed by atoms with Crippen molar-refractivity contribution in [3.63, 3.8) is 0 Å². The zero-order valence-electron chi connectivity index (χ0n) is 8.90. The first-order valence-electron chi connectivity index (χ1n) is 5.13. The highest BCUT2D eigenvalue weighted by Crippen LogP contribution is 2.26. The number of aliphatic hydroxyl groups excluding tert-OH is 1. The van der Waals surface area contributed by atoms with Crippen molar-refractivity contribution in [3.8, 4) is 0 Å². The maximum atomic E-state index is 9.87. The smallest absolute Gasteiger partial charge is 0.0804 e. The Morgan fingerprint density at radius 2 is 1.79 bits per heavy atom. The van der Waals surface area contributed by atoms with Crippen LogP contribution >= 0.6 is 0 Å². The minimum Gasteiger partial charge on any atom is -0.388 e. The quantitative estimate of drug-likeness (QED) is 0.770. The van der Waals surface area contributed by atoms with Crippen LogP contribution in [0.15, 0.2) is 24.3 Å². The summed E-state index contributed by atoms with van der Waals surface area (Å²) >= 11 is 0. The number of rotatable bonds is 4. The Morgan fingerprint density at radius 3 is 2.29 bits per heavy atom. The Balaban J connectivity index is 2.94. The molecule has 0 radical (unpaired) electrons. The van der Waals surface area contributed by atoms with E-state index in [1.807, 2.05) is 18.2 Å². The fraction of sp³-hybridized carbons (Fsp3) is 0.500. The van der Waals surface area contributed by atoms with E-state index in [-0.39, 0.29) is 0 Å². The highest BCUT2D eigenvalue weighted by Gasteiger charge is 2.12. The molecule has 2 nitrogen and oxygen atoms in total. The first-order chi connectivity index (χ1) is 6.66. The van der Waals surface area contributed by atoms with E-state index < -0.39 is 6.10 Å². The molecule has 3 N–H and O–H groups in total. The van der Waals surface area contributed by atoms with Gasteiger partial charge in [-0.25, -0.2) is 0 Å². The molecule has 1 aromatic rings. The van der Waals surface area contributed by atoms with Crippen LogP contribution in [0.4, 0.5) is 0 Å². The Hall–Kier alpha value is -0.860. The SMILES string of the molecule is CC(C)c1ccccc1C(O)CCN. The third-order valence-corrected chi connectivity index (χ3v) is 2.42. The van der Waals surface area contributed by atoms with Gasteiger partial charge >= 0.3 is 0 Å². The van der Waals surface area contributed by atoms with Crippen molar-refractivity contribution in [2.45, 2.75) is 32.3 Å². The highest BCUT2D eigenvalue weighted by atomic mass is 16.3. The molecule has 0 saturated carbocycles. The van der Waals surface area contributed by atoms with Crippen LogP contribution in [-0.2, 0) is 0 Å². The molecule has 0 bridgehead atoms. The van der Waals surface area contributed by atoms with Crippen LogP contribution in [0.2, 0.25) is 0 Å². The van der Waals surface area contributed by atoms with Gasteiger partial charge in [-0.3, -0.25) is 0 Å². The summed E-state index contributed by atoms with van der Waals surface area (Å²) in [6.45, 7) is 4.79. The van der Waals surface area contributed by atoms with E-state index in [1.165, 1.54) is 5.56 Å². The van der Waals surface area contributed by atoms with E-state index in [1.54, 1.807) is 0 Å². The first-order valence-corrected chi connectivity index (χ1v) is 5.13. The van der Waals surface area contributed by atoms with Crippen molar-refractivity contribution < 1.29 is 5.11 Å². The van der Waals surface area contributed by atoms with Crippen LogP contribution < -0.4 is 5.73 Å². The van der Waals surface area contributed by atoms with Gasteiger partial charge in [-0.05, 0) is 30.0 Å². The zero-order chi connectivity index (χ0) is 10.6. The Bertz CT molecular complexity index is 283. The molecule has 0 heterocycles. The third kappa shape index (κ3) is 2.56. The molecule has 78 valence electrons. The summed E-state index contributed by atoms with van der Waals surface area (Å²) in [5.74, 6) is 0.443. The topological polar surface area (TPSA) is 46.2 Å². The van der Waals surface area contributed by atoms with Crippen LogP contribution in [-0.4, -0.2) is 11.7 Å². The summed E-state index contributed by atoms with van der Waals surface area (Å²) in [6, 6.07) is 8.02. The molecule has 0 spiro atoms. The van der Waals surface area contributed by atoms with Crippen LogP contribution in [0.1, 0.15) is 43.4 Å². The van der Waals surface area contributed by atoms with Crippen molar-refractivity contribution in [1.82, 2.24) is 0 Å². The van der Waals surface area contributed by atoms with Crippen LogP contribution in [0.5, 0.6) is 0 Å². The minimum absolute atomic E-state index is 0.418. The summed E-state index contributed by atoms with van der Waals surface area (Å²) in [7, 11) is 0. The fourth-order valence-electron chi connectivity index (χ4n) is 1.65. The maximum absolute atomic E-state index is 9.87. The summed E-state index contributed by atoms with van der Waals surface area (Å²) in [5.41, 5.74) is 7.67. The predicted octanol–water partition coefficient (Wildman–Crippen LogP) is 2.19. The van der Waals surface area contributed by atoms with Crippen molar-refractivity contribution in [2.24, 2.45) is 5.73 Å². The molecule has 1 aromatic carbocycles. The van der Waals surface area contributed by atoms with Gasteiger partial charge in [-0.1, -0.05) is 38.1 Å². The van der Waals surface area contributed by atoms with E-state index in [2.05, 4.69) is 19.9 Å². The number of nitrogens with two attached hydrogens (primary N) is 1. The number of benzene rings is 1. The number of hydrogen-bond acceptors (Lipinski definition) is 2. The molecule has 2 heteroatoms. The zero-order valence-corrected chi connectivity index (χ0v) is 8.90. The lowest BCUT2D eigenvalue weighted by Gasteiger charge is -2.17. The molecule has 1 rings (SSSR count). The summed E-state index contributed by atoms with van der Waals surface area (Å²) in [4.78, 5) is 0. The summed E-state index contributed by atoms with van der Waals surface area (Å²) in [5, 5.41) is 9.87. The van der Waals surface area contributed by atoms with E-state index in [4.69, 9.17) is 5.73 Å². The van der Waals surface area contributed by atoms with Crippen molar-refractivity contribution in [3.05, 3.63) is 35.4 Å². The second kappa shape index (κ2) is 5.13. The molecular weight excluding hydrogens is 174 g/mol. The number of aliphatic hydroxyl groups is 1. The van der Waals surface area contributed by atoms with Gasteiger partial charge in [-0.2, -0.15) is 0 Å². The van der Waals surface area contributed by atoms with Crippen LogP contribution in [0.25, 0.3) is 0 Å². The van der Waals surface area contributed by atoms with Gasteiger partial charge in [0.05, 0.1) is 6.10 Å². The van der Waals surface area contributed by atoms with Crippen LogP contribution in [0, 0.1) is 0 Å². The minimum atomic E-state index is -0.418. The van der Waals surface area contributed by atoms with Gasteiger partial charge in [0.1, 0.15) is 0 Å². The van der Waals surface area contributed by atoms with Gasteiger partial charge in [-0.15, -0.1) is 0 Å². The standard InChI is InChI=1S/C12H19NO/c1-9(2)10-5-3-4-6-11(10)12(14)7-8-13/h3-6,9,12,14H,7-8,13H2,1-2H3. The molecule has 0 aliphatic heterocycles. The lowest BCUT2D eigenvalue weighted by atomic mass is 9.93. The average molecular weight is 193 g/mol. The van der Waals surface area contributed by atoms with Gasteiger partial charge in [0.25, 0.3) is 0 Å². The predicted molar refractivity (Wildman–Crippen MR) is 59.2 cm³/mol. The summed E-state index contributed by atoms with van der Waals surface area (Å²) in [6.07, 6.45) is 0.211. The van der Waals surface area contributed by atoms with Crippen molar-refractivity contribution in [2.75, 3.05) is 6.54 Å². The van der Waals surface area contributed by atoms with Crippen LogP contribution in [0.3, 0.4) is 0 Å². The summed E-state index contributed by atoms with van der Waals surface area (Å²) < 4.78 is 0. The van der Waals surface area contributed by atoms with Crippen molar-refractivity contribution >= 4 is 0 Å². The molecule has 0 fully saturated rings. The molecule has 0 aliphatic carbocycles. The molecular formula is C12H19NO. The molecule has 0 saturated heterocycles. The molecule has 14 heavy (non-hydrogen) atoms. The van der Waals surface area contributed by atoms with E-state index >= 15 is 0 Å². The lowest BCUT2D eigenvalue weighted by Crippen LogP contribution is -2.09. The Morgan fingerprint density at radius 1 is 1.21 bits per heavy atom. The van der Waals surface area contributed by atoms with Gasteiger partial charge in [0, 0.05) is 0 Å². The number of hydrogen-bond donors (Lipinski definition) is 2. The lowest BCUT2D eigenvalue weighted by molar-refractivity contribution is 0.169. The maximum Gasteiger partial charge on any atom is 0.0804 e.